The van der Waals surface area contributed by atoms with Crippen LogP contribution in [0.2, 0.25) is 0 Å². The second-order valence-corrected chi connectivity index (χ2v) is 5.78. The summed E-state index contributed by atoms with van der Waals surface area (Å²) in [5.74, 6) is 0.604. The summed E-state index contributed by atoms with van der Waals surface area (Å²) in [6.45, 7) is 1.49. The van der Waals surface area contributed by atoms with Crippen LogP contribution in [0.25, 0.3) is 22.6 Å². The van der Waals surface area contributed by atoms with E-state index in [9.17, 15) is 9.90 Å². The Morgan fingerprint density at radius 1 is 1.17 bits per heavy atom. The van der Waals surface area contributed by atoms with Gasteiger partial charge in [0.25, 0.3) is 0 Å². The van der Waals surface area contributed by atoms with Crippen molar-refractivity contribution in [2.75, 3.05) is 13.2 Å². The van der Waals surface area contributed by atoms with Gasteiger partial charge >= 0.3 is 5.69 Å². The lowest BCUT2D eigenvalue weighted by atomic mass is 9.99. The van der Waals surface area contributed by atoms with E-state index in [1.807, 2.05) is 0 Å². The summed E-state index contributed by atoms with van der Waals surface area (Å²) >= 11 is 0. The minimum absolute atomic E-state index is 0.198. The fourth-order valence-corrected chi connectivity index (χ4v) is 2.90. The third-order valence-corrected chi connectivity index (χ3v) is 4.08. The fraction of sp³-hybridized carbons (Fsp3) is 0.312. The van der Waals surface area contributed by atoms with Gasteiger partial charge in [0, 0.05) is 18.8 Å². The number of ether oxygens (including phenoxy) is 1. The van der Waals surface area contributed by atoms with Crippen molar-refractivity contribution in [2.24, 2.45) is 5.92 Å². The molecule has 1 aliphatic rings. The van der Waals surface area contributed by atoms with Crippen molar-refractivity contribution in [3.63, 3.8) is 0 Å². The van der Waals surface area contributed by atoms with Crippen molar-refractivity contribution < 1.29 is 9.84 Å². The predicted octanol–water partition coefficient (Wildman–Crippen LogP) is 1.60. The average molecular weight is 312 g/mol. The van der Waals surface area contributed by atoms with Gasteiger partial charge in [0.1, 0.15) is 5.75 Å². The van der Waals surface area contributed by atoms with Crippen LogP contribution in [0.5, 0.6) is 5.75 Å². The minimum Gasteiger partial charge on any atom is -0.508 e. The third kappa shape index (κ3) is 2.70. The molecular weight excluding hydrogens is 296 g/mol. The lowest BCUT2D eigenvalue weighted by Gasteiger charge is -2.11. The van der Waals surface area contributed by atoms with Gasteiger partial charge in [-0.1, -0.05) is 0 Å². The van der Waals surface area contributed by atoms with Crippen molar-refractivity contribution in [3.8, 4) is 17.0 Å². The van der Waals surface area contributed by atoms with E-state index in [-0.39, 0.29) is 11.4 Å². The molecule has 1 saturated heterocycles. The molecule has 1 fully saturated rings. The molecule has 1 aliphatic heterocycles. The molecular formula is C16H16N4O3. The van der Waals surface area contributed by atoms with Crippen molar-refractivity contribution in [1.29, 1.82) is 0 Å². The molecule has 0 aliphatic carbocycles. The van der Waals surface area contributed by atoms with E-state index in [1.165, 1.54) is 0 Å². The highest BCUT2D eigenvalue weighted by Gasteiger charge is 2.21. The topological polar surface area (TPSA) is 104 Å². The fourth-order valence-electron chi connectivity index (χ4n) is 2.90. The maximum atomic E-state index is 11.5. The van der Waals surface area contributed by atoms with E-state index in [0.717, 1.165) is 43.0 Å². The Hall–Kier alpha value is -2.67. The van der Waals surface area contributed by atoms with Gasteiger partial charge in [0.05, 0.1) is 11.4 Å². The largest absolute Gasteiger partial charge is 0.508 e. The molecule has 0 amide bonds. The molecule has 0 spiro atoms. The Labute approximate surface area is 131 Å². The zero-order chi connectivity index (χ0) is 15.8. The SMILES string of the molecule is O=c1[nH]c2nc(CC3CCOC3)c(-c3ccc(O)cc3)nc2[nH]1. The summed E-state index contributed by atoms with van der Waals surface area (Å²) in [6, 6.07) is 6.82. The number of nitrogens with one attached hydrogen (secondary N) is 2. The third-order valence-electron chi connectivity index (χ3n) is 4.08. The standard InChI is InChI=1S/C16H16N4O3/c21-11-3-1-10(2-4-11)13-12(7-9-5-6-23-8-9)17-14-15(18-13)20-16(22)19-14/h1-4,9,21H,5-8H2,(H2,17,18,19,20,22). The molecule has 4 rings (SSSR count). The van der Waals surface area contributed by atoms with Crippen LogP contribution in [0.1, 0.15) is 12.1 Å². The quantitative estimate of drug-likeness (QED) is 0.681. The number of hydrogen-bond donors (Lipinski definition) is 3. The van der Waals surface area contributed by atoms with Crippen LogP contribution >= 0.6 is 0 Å². The van der Waals surface area contributed by atoms with Gasteiger partial charge in [-0.2, -0.15) is 0 Å². The van der Waals surface area contributed by atoms with E-state index in [0.29, 0.717) is 17.2 Å². The van der Waals surface area contributed by atoms with Crippen LogP contribution < -0.4 is 5.69 Å². The Morgan fingerprint density at radius 3 is 2.61 bits per heavy atom. The number of aromatic nitrogens is 4. The highest BCUT2D eigenvalue weighted by molar-refractivity contribution is 5.72. The Balaban J connectivity index is 1.84. The first-order valence-electron chi connectivity index (χ1n) is 7.55. The Morgan fingerprint density at radius 2 is 1.91 bits per heavy atom. The number of phenols is 1. The molecule has 0 radical (unpaired) electrons. The summed E-state index contributed by atoms with van der Waals surface area (Å²) in [5.41, 5.74) is 2.98. The van der Waals surface area contributed by atoms with E-state index in [4.69, 9.17) is 4.74 Å². The molecule has 0 saturated carbocycles. The molecule has 3 N–H and O–H groups in total. The number of phenolic OH excluding ortho intramolecular Hbond substituents is 1. The lowest BCUT2D eigenvalue weighted by Crippen LogP contribution is -2.08. The zero-order valence-corrected chi connectivity index (χ0v) is 12.4. The van der Waals surface area contributed by atoms with Crippen molar-refractivity contribution in [3.05, 3.63) is 40.4 Å². The molecule has 7 heteroatoms. The number of aromatic hydroxyl groups is 1. The molecule has 2 aromatic heterocycles. The van der Waals surface area contributed by atoms with E-state index < -0.39 is 0 Å². The van der Waals surface area contributed by atoms with Gasteiger partial charge in [-0.25, -0.2) is 14.8 Å². The van der Waals surface area contributed by atoms with Gasteiger partial charge < -0.3 is 9.84 Å². The summed E-state index contributed by atoms with van der Waals surface area (Å²) in [6.07, 6.45) is 1.74. The molecule has 3 heterocycles. The minimum atomic E-state index is -0.321. The molecule has 118 valence electrons. The van der Waals surface area contributed by atoms with Gasteiger partial charge in [0.15, 0.2) is 11.3 Å². The van der Waals surface area contributed by atoms with Gasteiger partial charge in [-0.15, -0.1) is 0 Å². The van der Waals surface area contributed by atoms with Crippen LogP contribution in [0.15, 0.2) is 29.1 Å². The number of imidazole rings is 1. The van der Waals surface area contributed by atoms with Gasteiger partial charge in [-0.3, -0.25) is 9.97 Å². The maximum absolute atomic E-state index is 11.5. The normalized spacial score (nSPS) is 17.8. The van der Waals surface area contributed by atoms with Gasteiger partial charge in [0.2, 0.25) is 0 Å². The smallest absolute Gasteiger partial charge is 0.326 e. The first kappa shape index (κ1) is 14.0. The van der Waals surface area contributed by atoms with Crippen LogP contribution in [-0.2, 0) is 11.2 Å². The molecule has 1 atom stereocenters. The number of fused-ring (bicyclic) bond motifs is 1. The van der Waals surface area contributed by atoms with Crippen LogP contribution in [-0.4, -0.2) is 38.3 Å². The summed E-state index contributed by atoms with van der Waals surface area (Å²) in [7, 11) is 0. The number of benzene rings is 1. The number of aromatic amines is 2. The Bertz CT molecular complexity index is 892. The predicted molar refractivity (Wildman–Crippen MR) is 84.2 cm³/mol. The monoisotopic (exact) mass is 312 g/mol. The second-order valence-electron chi connectivity index (χ2n) is 5.78. The Kier molecular flexibility index (Phi) is 3.34. The van der Waals surface area contributed by atoms with Crippen molar-refractivity contribution in [2.45, 2.75) is 12.8 Å². The van der Waals surface area contributed by atoms with Crippen LogP contribution in [0, 0.1) is 5.92 Å². The average Bonchev–Trinajstić information content (AvgIpc) is 3.16. The summed E-state index contributed by atoms with van der Waals surface area (Å²) < 4.78 is 5.44. The van der Waals surface area contributed by atoms with Crippen molar-refractivity contribution in [1.82, 2.24) is 19.9 Å². The van der Waals surface area contributed by atoms with E-state index in [2.05, 4.69) is 19.9 Å². The van der Waals surface area contributed by atoms with Crippen LogP contribution in [0.4, 0.5) is 0 Å². The maximum Gasteiger partial charge on any atom is 0.326 e. The summed E-state index contributed by atoms with van der Waals surface area (Å²) in [5, 5.41) is 9.47. The number of rotatable bonds is 3. The highest BCUT2D eigenvalue weighted by Crippen LogP contribution is 2.27. The number of nitrogens with zero attached hydrogens (tertiary/aromatic N) is 2. The molecule has 0 bridgehead atoms. The molecule has 23 heavy (non-hydrogen) atoms. The molecule has 1 aromatic carbocycles. The van der Waals surface area contributed by atoms with Crippen molar-refractivity contribution >= 4 is 11.3 Å². The first-order chi connectivity index (χ1) is 11.2. The molecule has 3 aromatic rings. The first-order valence-corrected chi connectivity index (χ1v) is 7.55. The molecule has 1 unspecified atom stereocenters. The number of hydrogen-bond acceptors (Lipinski definition) is 5. The van der Waals surface area contributed by atoms with Crippen LogP contribution in [0.3, 0.4) is 0 Å². The number of H-pyrrole nitrogens is 2. The van der Waals surface area contributed by atoms with E-state index >= 15 is 0 Å². The van der Waals surface area contributed by atoms with Gasteiger partial charge in [-0.05, 0) is 43.0 Å². The second kappa shape index (κ2) is 5.51. The highest BCUT2D eigenvalue weighted by atomic mass is 16.5. The summed E-state index contributed by atoms with van der Waals surface area (Å²) in [4.78, 5) is 25.9. The van der Waals surface area contributed by atoms with E-state index in [1.54, 1.807) is 24.3 Å². The lowest BCUT2D eigenvalue weighted by molar-refractivity contribution is 0.185. The molecule has 7 nitrogen and oxygen atoms in total. The zero-order valence-electron chi connectivity index (χ0n) is 12.4.